The van der Waals surface area contributed by atoms with Crippen LogP contribution in [0.1, 0.15) is 102 Å². The van der Waals surface area contributed by atoms with Gasteiger partial charge < -0.3 is 59.4 Å². The van der Waals surface area contributed by atoms with E-state index in [4.69, 9.17) is 18.9 Å². The van der Waals surface area contributed by atoms with Crippen LogP contribution in [0.2, 0.25) is 0 Å². The zero-order valence-corrected chi connectivity index (χ0v) is 29.4. The molecule has 0 spiro atoms. The lowest BCUT2D eigenvalue weighted by atomic mass is 9.70. The minimum Gasteiger partial charge on any atom is -0.507 e. The van der Waals surface area contributed by atoms with Gasteiger partial charge in [0, 0.05) is 48.0 Å². The quantitative estimate of drug-likeness (QED) is 0.196. The Morgan fingerprint density at radius 2 is 1.32 bits per heavy atom. The van der Waals surface area contributed by atoms with Crippen LogP contribution >= 0.6 is 0 Å². The molecular formula is C36H48N2O12. The van der Waals surface area contributed by atoms with Gasteiger partial charge in [-0.2, -0.15) is 0 Å². The summed E-state index contributed by atoms with van der Waals surface area (Å²) in [5.74, 6) is -3.49. The number of nitrogens with zero attached hydrogens (tertiary/aromatic N) is 2. The predicted molar refractivity (Wildman–Crippen MR) is 177 cm³/mol. The zero-order valence-electron chi connectivity index (χ0n) is 29.4. The molecule has 14 nitrogen and oxygen atoms in total. The lowest BCUT2D eigenvalue weighted by Gasteiger charge is -2.48. The second kappa shape index (κ2) is 13.4. The van der Waals surface area contributed by atoms with Crippen molar-refractivity contribution in [2.24, 2.45) is 0 Å². The van der Waals surface area contributed by atoms with Gasteiger partial charge in [-0.1, -0.05) is 19.1 Å². The zero-order chi connectivity index (χ0) is 36.6. The van der Waals surface area contributed by atoms with E-state index in [9.17, 15) is 40.2 Å². The molecule has 2 aliphatic heterocycles. The molecule has 0 unspecified atom stereocenters. The van der Waals surface area contributed by atoms with Gasteiger partial charge in [-0.3, -0.25) is 9.59 Å². The molecule has 0 saturated carbocycles. The number of benzene rings is 2. The molecule has 50 heavy (non-hydrogen) atoms. The van der Waals surface area contributed by atoms with E-state index in [1.807, 2.05) is 38.0 Å². The summed E-state index contributed by atoms with van der Waals surface area (Å²) in [7, 11) is 7.25. The fraction of sp³-hybridized carbons (Fsp3) is 0.611. The van der Waals surface area contributed by atoms with Gasteiger partial charge in [0.15, 0.2) is 18.4 Å². The number of phenols is 3. The number of aromatic hydroxyl groups is 3. The van der Waals surface area contributed by atoms with Gasteiger partial charge in [-0.15, -0.1) is 0 Å². The highest BCUT2D eigenvalue weighted by molar-refractivity contribution is 6.31. The van der Waals surface area contributed by atoms with Crippen molar-refractivity contribution in [3.05, 3.63) is 51.6 Å². The summed E-state index contributed by atoms with van der Waals surface area (Å²) in [5, 5.41) is 68.8. The van der Waals surface area contributed by atoms with Crippen molar-refractivity contribution in [1.29, 1.82) is 0 Å². The van der Waals surface area contributed by atoms with Crippen molar-refractivity contribution in [1.82, 2.24) is 9.80 Å². The molecule has 14 heteroatoms. The second-order valence-corrected chi connectivity index (χ2v) is 14.5. The number of ketones is 2. The molecule has 4 aliphatic rings. The molecule has 0 amide bonds. The van der Waals surface area contributed by atoms with Gasteiger partial charge in [0.1, 0.15) is 23.4 Å². The van der Waals surface area contributed by atoms with Crippen LogP contribution < -0.4 is 0 Å². The van der Waals surface area contributed by atoms with Crippen LogP contribution in [0, 0.1) is 0 Å². The fourth-order valence-corrected chi connectivity index (χ4v) is 8.05. The Morgan fingerprint density at radius 3 is 1.86 bits per heavy atom. The molecule has 2 aliphatic carbocycles. The maximum Gasteiger partial charge on any atom is 0.202 e. The van der Waals surface area contributed by atoms with E-state index >= 15 is 0 Å². The van der Waals surface area contributed by atoms with Gasteiger partial charge in [-0.25, -0.2) is 0 Å². The highest BCUT2D eigenvalue weighted by Gasteiger charge is 2.54. The Morgan fingerprint density at radius 1 is 0.800 bits per heavy atom. The minimum absolute atomic E-state index is 0.0702. The SMILES string of the molecule is CC[C@]1(O)C[C@@H](O[C@H]2C[C@@H](N(C)C)[C@H](O)[C@@H](C)O2)c2c(O)c3c(c(O)c2[C@@H]1O[C@H]1C[C@@H](N(C)C)[C@H](O)[C@@H](C)O1)C(=O)c1cccc(O)c1C3=O. The number of phenolic OH excluding ortho intramolecular Hbond substituents is 3. The first-order valence-electron chi connectivity index (χ1n) is 17.1. The third-order valence-electron chi connectivity index (χ3n) is 11.0. The molecule has 11 atom stereocenters. The average Bonchev–Trinajstić information content (AvgIpc) is 3.05. The molecule has 2 aromatic rings. The van der Waals surface area contributed by atoms with E-state index in [1.165, 1.54) is 18.2 Å². The number of fused-ring (bicyclic) bond motifs is 3. The van der Waals surface area contributed by atoms with Crippen molar-refractivity contribution in [3.8, 4) is 17.2 Å². The summed E-state index contributed by atoms with van der Waals surface area (Å²) in [5.41, 5.74) is -3.47. The molecule has 274 valence electrons. The van der Waals surface area contributed by atoms with Crippen molar-refractivity contribution < 1.29 is 59.2 Å². The maximum absolute atomic E-state index is 14.0. The van der Waals surface area contributed by atoms with Gasteiger partial charge in [0.2, 0.25) is 5.78 Å². The summed E-state index contributed by atoms with van der Waals surface area (Å²) >= 11 is 0. The summed E-state index contributed by atoms with van der Waals surface area (Å²) < 4.78 is 25.1. The molecule has 0 aromatic heterocycles. The highest BCUT2D eigenvalue weighted by Crippen LogP contribution is 2.58. The molecular weight excluding hydrogens is 652 g/mol. The Labute approximate surface area is 290 Å². The average molecular weight is 701 g/mol. The van der Waals surface area contributed by atoms with E-state index < -0.39 is 94.7 Å². The second-order valence-electron chi connectivity index (χ2n) is 14.5. The minimum atomic E-state index is -1.77. The number of ether oxygens (including phenoxy) is 4. The van der Waals surface area contributed by atoms with Crippen LogP contribution in [0.25, 0.3) is 0 Å². The molecule has 2 aromatic carbocycles. The monoisotopic (exact) mass is 700 g/mol. The van der Waals surface area contributed by atoms with Gasteiger partial charge >= 0.3 is 0 Å². The standard InChI is InChI=1S/C36H48N2O12/c1-8-36(46)14-21(49-22-12-18(37(4)5)29(40)15(2)47-22)25-28(35(36)50-23-13-19(38(6)7)30(41)16(3)48-23)34(45)26-27(33(25)44)32(43)24-17(31(26)42)10-9-11-20(24)39/h9-11,15-16,18-19,21-23,29-30,35,39-41,44-46H,8,12-14H2,1-7H3/t15-,16-,18-,19-,21-,22+,23+,29-,30-,35+,36+/m1/s1. The van der Waals surface area contributed by atoms with Crippen molar-refractivity contribution in [3.63, 3.8) is 0 Å². The number of carbonyl (C=O) groups excluding carboxylic acids is 2. The number of carbonyl (C=O) groups is 2. The van der Waals surface area contributed by atoms with E-state index in [1.54, 1.807) is 20.8 Å². The third-order valence-corrected chi connectivity index (χ3v) is 11.0. The smallest absolute Gasteiger partial charge is 0.202 e. The molecule has 0 bridgehead atoms. The Balaban J connectivity index is 1.52. The molecule has 2 fully saturated rings. The first kappa shape index (κ1) is 36.6. The maximum atomic E-state index is 14.0. The fourth-order valence-electron chi connectivity index (χ4n) is 8.05. The van der Waals surface area contributed by atoms with Crippen LogP contribution in [0.15, 0.2) is 18.2 Å². The van der Waals surface area contributed by atoms with Crippen molar-refractivity contribution >= 4 is 11.6 Å². The van der Waals surface area contributed by atoms with E-state index in [-0.39, 0.29) is 60.0 Å². The Bertz CT molecular complexity index is 1660. The van der Waals surface area contributed by atoms with Gasteiger partial charge in [-0.05, 0) is 54.5 Å². The highest BCUT2D eigenvalue weighted by atomic mass is 16.7. The van der Waals surface area contributed by atoms with Gasteiger partial charge in [0.05, 0.1) is 52.8 Å². The van der Waals surface area contributed by atoms with Crippen LogP contribution in [0.5, 0.6) is 17.2 Å². The summed E-state index contributed by atoms with van der Waals surface area (Å²) in [6.45, 7) is 5.12. The summed E-state index contributed by atoms with van der Waals surface area (Å²) in [6, 6.07) is 3.25. The van der Waals surface area contributed by atoms with E-state index in [0.717, 1.165) is 0 Å². The molecule has 0 radical (unpaired) electrons. The molecule has 2 heterocycles. The molecule has 6 N–H and O–H groups in total. The normalized spacial score (nSPS) is 35.6. The van der Waals surface area contributed by atoms with Crippen LogP contribution in [-0.2, 0) is 18.9 Å². The van der Waals surface area contributed by atoms with Crippen LogP contribution in [0.3, 0.4) is 0 Å². The summed E-state index contributed by atoms with van der Waals surface area (Å²) in [4.78, 5) is 31.6. The van der Waals surface area contributed by atoms with Crippen LogP contribution in [-0.4, -0.2) is 135 Å². The van der Waals surface area contributed by atoms with E-state index in [2.05, 4.69) is 0 Å². The predicted octanol–water partition coefficient (Wildman–Crippen LogP) is 2.09. The largest absolute Gasteiger partial charge is 0.507 e. The number of hydrogen-bond acceptors (Lipinski definition) is 14. The lowest BCUT2D eigenvalue weighted by molar-refractivity contribution is -0.289. The molecule has 6 rings (SSSR count). The van der Waals surface area contributed by atoms with Gasteiger partial charge in [0.25, 0.3) is 0 Å². The first-order valence-corrected chi connectivity index (χ1v) is 17.1. The van der Waals surface area contributed by atoms with Crippen molar-refractivity contribution in [2.45, 2.75) is 113 Å². The van der Waals surface area contributed by atoms with Crippen molar-refractivity contribution in [2.75, 3.05) is 28.2 Å². The first-order chi connectivity index (χ1) is 23.5. The number of aliphatic hydroxyl groups excluding tert-OH is 2. The summed E-state index contributed by atoms with van der Waals surface area (Å²) in [6.07, 6.45) is -7.20. The number of hydrogen-bond donors (Lipinski definition) is 6. The van der Waals surface area contributed by atoms with Crippen LogP contribution in [0.4, 0.5) is 0 Å². The number of rotatable bonds is 7. The van der Waals surface area contributed by atoms with E-state index in [0.29, 0.717) is 0 Å². The third kappa shape index (κ3) is 5.90. The Hall–Kier alpha value is -3.18. The topological polar surface area (TPSA) is 199 Å². The Kier molecular flexibility index (Phi) is 9.82. The number of aliphatic hydroxyl groups is 3. The lowest BCUT2D eigenvalue weighted by Crippen LogP contribution is -2.55. The number of likely N-dealkylation sites (N-methyl/N-ethyl adjacent to an activating group) is 2. The molecule has 2 saturated heterocycles.